The highest BCUT2D eigenvalue weighted by Crippen LogP contribution is 2.23. The zero-order valence-electron chi connectivity index (χ0n) is 11.8. The molecule has 1 N–H and O–H groups in total. The van der Waals surface area contributed by atoms with Crippen LogP contribution in [0.5, 0.6) is 5.75 Å². The fourth-order valence-corrected chi connectivity index (χ4v) is 2.93. The molecule has 0 aliphatic carbocycles. The zero-order chi connectivity index (χ0) is 15.4. The van der Waals surface area contributed by atoms with Crippen LogP contribution in [0.1, 0.15) is 19.8 Å². The van der Waals surface area contributed by atoms with Crippen molar-refractivity contribution in [1.29, 1.82) is 0 Å². The van der Waals surface area contributed by atoms with Crippen LogP contribution in [0, 0.1) is 5.92 Å². The van der Waals surface area contributed by atoms with Crippen LogP contribution in [0.4, 0.5) is 0 Å². The summed E-state index contributed by atoms with van der Waals surface area (Å²) in [5, 5.41) is 9.03. The number of piperidine rings is 1. The lowest BCUT2D eigenvalue weighted by molar-refractivity contribution is -0.148. The smallest absolute Gasteiger partial charge is 0.306 e. The standard InChI is InChI=1S/C15H18BrNO4/c1-10-7-11(15(19)20)5-6-17(10)14(18)9-21-13-4-2-3-12(16)8-13/h2-4,8,10-11H,5-7,9H2,1H3,(H,19,20). The minimum atomic E-state index is -0.778. The van der Waals surface area contributed by atoms with Crippen LogP contribution in [-0.2, 0) is 9.59 Å². The first-order valence-corrected chi connectivity index (χ1v) is 7.67. The molecule has 1 aromatic rings. The lowest BCUT2D eigenvalue weighted by Gasteiger charge is -2.36. The number of ether oxygens (including phenoxy) is 1. The molecule has 1 aliphatic rings. The molecule has 1 amide bonds. The molecule has 1 heterocycles. The van der Waals surface area contributed by atoms with Gasteiger partial charge in [0.15, 0.2) is 6.61 Å². The van der Waals surface area contributed by atoms with Gasteiger partial charge in [-0.3, -0.25) is 9.59 Å². The lowest BCUT2D eigenvalue weighted by atomic mass is 9.92. The van der Waals surface area contributed by atoms with E-state index in [4.69, 9.17) is 9.84 Å². The number of benzene rings is 1. The van der Waals surface area contributed by atoms with Gasteiger partial charge in [-0.05, 0) is 38.0 Å². The molecule has 0 aromatic heterocycles. The van der Waals surface area contributed by atoms with Crippen molar-refractivity contribution in [1.82, 2.24) is 4.90 Å². The van der Waals surface area contributed by atoms with E-state index in [0.717, 1.165) is 4.47 Å². The molecule has 2 atom stereocenters. The number of aliphatic carboxylic acids is 1. The Kier molecular flexibility index (Phi) is 5.22. The van der Waals surface area contributed by atoms with Crippen molar-refractivity contribution >= 4 is 27.8 Å². The molecule has 0 saturated carbocycles. The Hall–Kier alpha value is -1.56. The van der Waals surface area contributed by atoms with Crippen molar-refractivity contribution in [3.8, 4) is 5.75 Å². The molecular weight excluding hydrogens is 338 g/mol. The summed E-state index contributed by atoms with van der Waals surface area (Å²) in [6.45, 7) is 2.32. The van der Waals surface area contributed by atoms with E-state index >= 15 is 0 Å². The number of hydrogen-bond donors (Lipinski definition) is 1. The third-order valence-electron chi connectivity index (χ3n) is 3.70. The Morgan fingerprint density at radius 2 is 2.24 bits per heavy atom. The van der Waals surface area contributed by atoms with E-state index in [1.54, 1.807) is 17.0 Å². The Bertz CT molecular complexity index is 534. The number of likely N-dealkylation sites (tertiary alicyclic amines) is 1. The van der Waals surface area contributed by atoms with Crippen molar-refractivity contribution in [2.24, 2.45) is 5.92 Å². The number of carbonyl (C=O) groups excluding carboxylic acids is 1. The van der Waals surface area contributed by atoms with Gasteiger partial charge in [0.25, 0.3) is 5.91 Å². The maximum atomic E-state index is 12.2. The molecule has 5 nitrogen and oxygen atoms in total. The van der Waals surface area contributed by atoms with Crippen molar-refractivity contribution in [3.63, 3.8) is 0 Å². The van der Waals surface area contributed by atoms with Crippen LogP contribution < -0.4 is 4.74 Å². The van der Waals surface area contributed by atoms with Gasteiger partial charge in [0.1, 0.15) is 5.75 Å². The number of carboxylic acid groups (broad SMARTS) is 1. The van der Waals surface area contributed by atoms with Gasteiger partial charge in [0, 0.05) is 17.1 Å². The summed E-state index contributed by atoms with van der Waals surface area (Å²) < 4.78 is 6.38. The second kappa shape index (κ2) is 6.93. The van der Waals surface area contributed by atoms with Crippen LogP contribution in [0.15, 0.2) is 28.7 Å². The highest BCUT2D eigenvalue weighted by atomic mass is 79.9. The summed E-state index contributed by atoms with van der Waals surface area (Å²) in [6, 6.07) is 7.24. The number of rotatable bonds is 4. The van der Waals surface area contributed by atoms with Gasteiger partial charge in [0.2, 0.25) is 0 Å². The van der Waals surface area contributed by atoms with E-state index in [2.05, 4.69) is 15.9 Å². The molecule has 2 unspecified atom stereocenters. The zero-order valence-corrected chi connectivity index (χ0v) is 13.4. The van der Waals surface area contributed by atoms with E-state index in [1.807, 2.05) is 19.1 Å². The summed E-state index contributed by atoms with van der Waals surface area (Å²) in [4.78, 5) is 24.9. The third kappa shape index (κ3) is 4.20. The highest BCUT2D eigenvalue weighted by molar-refractivity contribution is 9.10. The fourth-order valence-electron chi connectivity index (χ4n) is 2.55. The summed E-state index contributed by atoms with van der Waals surface area (Å²) in [6.07, 6.45) is 1.00. The average Bonchev–Trinajstić information content (AvgIpc) is 2.44. The van der Waals surface area contributed by atoms with Crippen LogP contribution in [-0.4, -0.2) is 41.1 Å². The molecule has 1 fully saturated rings. The minimum absolute atomic E-state index is 0.0292. The molecule has 0 spiro atoms. The number of halogens is 1. The molecule has 6 heteroatoms. The van der Waals surface area contributed by atoms with Gasteiger partial charge in [0.05, 0.1) is 5.92 Å². The van der Waals surface area contributed by atoms with Crippen molar-refractivity contribution in [2.45, 2.75) is 25.8 Å². The van der Waals surface area contributed by atoms with Crippen LogP contribution in [0.3, 0.4) is 0 Å². The second-order valence-corrected chi connectivity index (χ2v) is 6.16. The van der Waals surface area contributed by atoms with Crippen LogP contribution in [0.2, 0.25) is 0 Å². The van der Waals surface area contributed by atoms with Crippen molar-refractivity contribution in [2.75, 3.05) is 13.2 Å². The molecule has 0 bridgehead atoms. The second-order valence-electron chi connectivity index (χ2n) is 5.24. The number of carbonyl (C=O) groups is 2. The van der Waals surface area contributed by atoms with E-state index < -0.39 is 5.97 Å². The minimum Gasteiger partial charge on any atom is -0.484 e. The first-order chi connectivity index (χ1) is 9.97. The number of nitrogens with zero attached hydrogens (tertiary/aromatic N) is 1. The van der Waals surface area contributed by atoms with Crippen molar-refractivity contribution < 1.29 is 19.4 Å². The Labute approximate surface area is 132 Å². The molecule has 114 valence electrons. The maximum absolute atomic E-state index is 12.2. The van der Waals surface area contributed by atoms with Gasteiger partial charge in [-0.1, -0.05) is 22.0 Å². The van der Waals surface area contributed by atoms with Gasteiger partial charge >= 0.3 is 5.97 Å². The molecule has 1 aliphatic heterocycles. The fraction of sp³-hybridized carbons (Fsp3) is 0.467. The molecule has 1 aromatic carbocycles. The summed E-state index contributed by atoms with van der Waals surface area (Å²) in [7, 11) is 0. The Morgan fingerprint density at radius 3 is 2.86 bits per heavy atom. The first-order valence-electron chi connectivity index (χ1n) is 6.88. The maximum Gasteiger partial charge on any atom is 0.306 e. The van der Waals surface area contributed by atoms with Gasteiger partial charge in [-0.25, -0.2) is 0 Å². The van der Waals surface area contributed by atoms with E-state index in [1.165, 1.54) is 0 Å². The molecule has 0 radical (unpaired) electrons. The first kappa shape index (κ1) is 15.8. The summed E-state index contributed by atoms with van der Waals surface area (Å²) in [5.74, 6) is -0.605. The quantitative estimate of drug-likeness (QED) is 0.900. The van der Waals surface area contributed by atoms with Crippen molar-refractivity contribution in [3.05, 3.63) is 28.7 Å². The SMILES string of the molecule is CC1CC(C(=O)O)CCN1C(=O)COc1cccc(Br)c1. The van der Waals surface area contributed by atoms with Gasteiger partial charge < -0.3 is 14.7 Å². The predicted molar refractivity (Wildman–Crippen MR) is 81.2 cm³/mol. The topological polar surface area (TPSA) is 66.8 Å². The van der Waals surface area contributed by atoms with Crippen LogP contribution in [0.25, 0.3) is 0 Å². The molecule has 21 heavy (non-hydrogen) atoms. The summed E-state index contributed by atoms with van der Waals surface area (Å²) in [5.41, 5.74) is 0. The highest BCUT2D eigenvalue weighted by Gasteiger charge is 2.32. The molecule has 2 rings (SSSR count). The van der Waals surface area contributed by atoms with Gasteiger partial charge in [-0.2, -0.15) is 0 Å². The number of carboxylic acids is 1. The van der Waals surface area contributed by atoms with E-state index in [0.29, 0.717) is 25.1 Å². The third-order valence-corrected chi connectivity index (χ3v) is 4.20. The summed E-state index contributed by atoms with van der Waals surface area (Å²) >= 11 is 3.34. The normalized spacial score (nSPS) is 21.9. The largest absolute Gasteiger partial charge is 0.484 e. The Balaban J connectivity index is 1.88. The van der Waals surface area contributed by atoms with Crippen LogP contribution >= 0.6 is 15.9 Å². The number of hydrogen-bond acceptors (Lipinski definition) is 3. The average molecular weight is 356 g/mol. The predicted octanol–water partition coefficient (Wildman–Crippen LogP) is 2.54. The van der Waals surface area contributed by atoms with Gasteiger partial charge in [-0.15, -0.1) is 0 Å². The Morgan fingerprint density at radius 1 is 1.48 bits per heavy atom. The monoisotopic (exact) mass is 355 g/mol. The molecule has 1 saturated heterocycles. The number of amides is 1. The van der Waals surface area contributed by atoms with E-state index in [9.17, 15) is 9.59 Å². The van der Waals surface area contributed by atoms with E-state index in [-0.39, 0.29) is 24.5 Å². The molecular formula is C15H18BrNO4. The lowest BCUT2D eigenvalue weighted by Crippen LogP contribution is -2.47.